The molecule has 0 radical (unpaired) electrons. The molecule has 0 aliphatic rings. The molecule has 0 aliphatic carbocycles. The van der Waals surface area contributed by atoms with Crippen LogP contribution in [0.1, 0.15) is 0 Å². The SMILES string of the molecule is C=[As](=O)O. The Bertz CT molecular complexity index is 54.4. The van der Waals surface area contributed by atoms with Crippen LogP contribution in [0.3, 0.4) is 0 Å². The molecule has 0 fully saturated rings. The molecule has 1 unspecified atom stereocenters. The Morgan fingerprint density at radius 2 is 2.00 bits per heavy atom. The summed E-state index contributed by atoms with van der Waals surface area (Å²) in [5.41, 5.74) is 0. The van der Waals surface area contributed by atoms with Crippen LogP contribution in [0.4, 0.5) is 0 Å². The third-order valence-electron chi connectivity index (χ3n) is 0. The van der Waals surface area contributed by atoms with Crippen molar-refractivity contribution in [2.75, 3.05) is 0 Å². The summed E-state index contributed by atoms with van der Waals surface area (Å²) in [5, 5.41) is 2.78. The Morgan fingerprint density at radius 3 is 2.00 bits per heavy atom. The molecule has 0 aliphatic heterocycles. The zero-order valence-electron chi connectivity index (χ0n) is 2.01. The van der Waals surface area contributed by atoms with Crippen molar-refractivity contribution >= 4 is 19.8 Å². The van der Waals surface area contributed by atoms with E-state index in [4.69, 9.17) is 7.84 Å². The van der Waals surface area contributed by atoms with Gasteiger partial charge in [0.15, 0.2) is 0 Å². The van der Waals surface area contributed by atoms with Gasteiger partial charge in [-0.2, -0.15) is 0 Å². The van der Waals surface area contributed by atoms with Gasteiger partial charge in [0, 0.05) is 0 Å². The van der Waals surface area contributed by atoms with E-state index in [1.165, 1.54) is 0 Å². The van der Waals surface area contributed by atoms with Crippen molar-refractivity contribution in [1.82, 2.24) is 0 Å². The van der Waals surface area contributed by atoms with Gasteiger partial charge in [-0.15, -0.1) is 0 Å². The fraction of sp³-hybridized carbons (Fsp3) is 0. The summed E-state index contributed by atoms with van der Waals surface area (Å²) in [6.45, 7) is 0. The molecule has 0 heterocycles. The predicted molar refractivity (Wildman–Crippen MR) is 15.8 cm³/mol. The fourth-order valence-corrected chi connectivity index (χ4v) is 0. The maximum atomic E-state index is 9.12. The molecule has 0 aromatic rings. The molecule has 0 rings (SSSR count). The molecule has 24 valence electrons. The Balaban J connectivity index is 3.51. The summed E-state index contributed by atoms with van der Waals surface area (Å²) in [5.74, 6) is 0. The summed E-state index contributed by atoms with van der Waals surface area (Å²) in [4.78, 5) is 0. The van der Waals surface area contributed by atoms with Gasteiger partial charge >= 0.3 is 27.6 Å². The van der Waals surface area contributed by atoms with Crippen LogP contribution in [0.15, 0.2) is 0 Å². The number of rotatable bonds is 0. The molecule has 1 atom stereocenters. The minimum atomic E-state index is -2.69. The van der Waals surface area contributed by atoms with Crippen molar-refractivity contribution < 1.29 is 7.84 Å². The summed E-state index contributed by atoms with van der Waals surface area (Å²) in [6.07, 6.45) is 0. The molecular formula is CH3AsO2. The molecule has 0 spiro atoms. The first-order valence-electron chi connectivity index (χ1n) is 0.699. The van der Waals surface area contributed by atoms with Crippen LogP contribution in [-0.2, 0) is 3.74 Å². The van der Waals surface area contributed by atoms with Gasteiger partial charge < -0.3 is 0 Å². The fourth-order valence-electron chi connectivity index (χ4n) is 0. The van der Waals surface area contributed by atoms with Crippen molar-refractivity contribution in [2.24, 2.45) is 0 Å². The van der Waals surface area contributed by atoms with Gasteiger partial charge in [-0.1, -0.05) is 0 Å². The van der Waals surface area contributed by atoms with E-state index in [0.29, 0.717) is 0 Å². The quantitative estimate of drug-likeness (QED) is 0.414. The van der Waals surface area contributed by atoms with Gasteiger partial charge in [-0.05, 0) is 0 Å². The normalized spacial score (nSPS) is 10.8. The van der Waals surface area contributed by atoms with E-state index in [1.807, 2.05) is 0 Å². The predicted octanol–water partition coefficient (Wildman–Crippen LogP) is -1.09. The minimum absolute atomic E-state index is 2.69. The van der Waals surface area contributed by atoms with Crippen LogP contribution in [-0.4, -0.2) is 23.9 Å². The van der Waals surface area contributed by atoms with Crippen LogP contribution < -0.4 is 0 Å². The molecule has 1 N–H and O–H groups in total. The van der Waals surface area contributed by atoms with E-state index in [-0.39, 0.29) is 0 Å². The van der Waals surface area contributed by atoms with Crippen LogP contribution in [0.2, 0.25) is 0 Å². The third-order valence-corrected chi connectivity index (χ3v) is 0. The summed E-state index contributed by atoms with van der Waals surface area (Å²) in [7, 11) is 0. The van der Waals surface area contributed by atoms with Crippen molar-refractivity contribution in [3.63, 3.8) is 0 Å². The second-order valence-corrected chi connectivity index (χ2v) is 1.83. The average molecular weight is 122 g/mol. The zero-order chi connectivity index (χ0) is 3.58. The molecule has 2 nitrogen and oxygen atoms in total. The Hall–Kier alpha value is 0.188. The van der Waals surface area contributed by atoms with E-state index in [2.05, 4.69) is 5.31 Å². The molecule has 0 bridgehead atoms. The van der Waals surface area contributed by atoms with E-state index in [9.17, 15) is 0 Å². The standard InChI is InChI=1S/CH3AsO2/c1-2(3)4/h1H2,(H,3,4). The van der Waals surface area contributed by atoms with Crippen molar-refractivity contribution in [2.45, 2.75) is 0 Å². The topological polar surface area (TPSA) is 37.3 Å². The van der Waals surface area contributed by atoms with Crippen molar-refractivity contribution in [3.05, 3.63) is 0 Å². The molecule has 0 aromatic heterocycles. The summed E-state index contributed by atoms with van der Waals surface area (Å²) in [6, 6.07) is 0. The van der Waals surface area contributed by atoms with Crippen LogP contribution in [0.25, 0.3) is 0 Å². The molecule has 4 heavy (non-hydrogen) atoms. The molecular weight excluding hydrogens is 119 g/mol. The van der Waals surface area contributed by atoms with Crippen molar-refractivity contribution in [1.29, 1.82) is 0 Å². The second-order valence-electron chi connectivity index (χ2n) is 0.352. The number of hydrogen-bond donors (Lipinski definition) is 1. The monoisotopic (exact) mass is 122 g/mol. The zero-order valence-corrected chi connectivity index (χ0v) is 3.89. The Labute approximate surface area is 28.4 Å². The van der Waals surface area contributed by atoms with E-state index in [0.717, 1.165) is 0 Å². The van der Waals surface area contributed by atoms with Crippen LogP contribution >= 0.6 is 0 Å². The molecule has 0 saturated carbocycles. The Kier molecular flexibility index (Phi) is 1.57. The van der Waals surface area contributed by atoms with Gasteiger partial charge in [0.05, 0.1) is 0 Å². The second kappa shape index (κ2) is 1.50. The maximum absolute atomic E-state index is 9.12. The number of hydrogen-bond acceptors (Lipinski definition) is 1. The van der Waals surface area contributed by atoms with E-state index < -0.39 is 14.5 Å². The van der Waals surface area contributed by atoms with Crippen LogP contribution in [0, 0.1) is 0 Å². The average Bonchev–Trinajstić information content (AvgIpc) is 0.811. The van der Waals surface area contributed by atoms with Gasteiger partial charge in [-0.3, -0.25) is 0 Å². The van der Waals surface area contributed by atoms with Gasteiger partial charge in [0.1, 0.15) is 0 Å². The van der Waals surface area contributed by atoms with Gasteiger partial charge in [0.2, 0.25) is 0 Å². The summed E-state index contributed by atoms with van der Waals surface area (Å²) >= 11 is -2.69. The first kappa shape index (κ1) is 4.19. The van der Waals surface area contributed by atoms with Gasteiger partial charge in [0.25, 0.3) is 0 Å². The molecule has 0 saturated heterocycles. The van der Waals surface area contributed by atoms with E-state index in [1.54, 1.807) is 0 Å². The molecule has 0 aromatic carbocycles. The first-order valence-corrected chi connectivity index (χ1v) is 3.63. The Morgan fingerprint density at radius 1 is 2.00 bits per heavy atom. The third kappa shape index (κ3) is 87.0. The van der Waals surface area contributed by atoms with Gasteiger partial charge in [-0.25, -0.2) is 0 Å². The molecule has 3 heteroatoms. The van der Waals surface area contributed by atoms with Crippen molar-refractivity contribution in [3.8, 4) is 0 Å². The summed E-state index contributed by atoms with van der Waals surface area (Å²) < 4.78 is 16.7. The van der Waals surface area contributed by atoms with E-state index >= 15 is 0 Å². The van der Waals surface area contributed by atoms with Crippen LogP contribution in [0.5, 0.6) is 0 Å². The molecule has 0 amide bonds. The first-order chi connectivity index (χ1) is 1.73.